The van der Waals surface area contributed by atoms with Crippen LogP contribution < -0.4 is 0 Å². The number of carboxylic acid groups (broad SMARTS) is 1. The third kappa shape index (κ3) is 0.607. The molecule has 2 atom stereocenters. The van der Waals surface area contributed by atoms with Crippen molar-refractivity contribution in [2.45, 2.75) is 33.1 Å². The molecule has 3 aliphatic carbocycles. The topological polar surface area (TPSA) is 54.4 Å². The van der Waals surface area contributed by atoms with Gasteiger partial charge in [-0.1, -0.05) is 13.8 Å². The zero-order valence-corrected chi connectivity index (χ0v) is 7.96. The van der Waals surface area contributed by atoms with E-state index >= 15 is 0 Å². The van der Waals surface area contributed by atoms with Crippen LogP contribution >= 0.6 is 0 Å². The van der Waals surface area contributed by atoms with Crippen molar-refractivity contribution in [3.05, 3.63) is 0 Å². The summed E-state index contributed by atoms with van der Waals surface area (Å²) in [4.78, 5) is 22.1. The van der Waals surface area contributed by atoms with Crippen LogP contribution in [0.2, 0.25) is 0 Å². The van der Waals surface area contributed by atoms with Gasteiger partial charge >= 0.3 is 5.97 Å². The van der Waals surface area contributed by atoms with Crippen molar-refractivity contribution in [1.82, 2.24) is 0 Å². The van der Waals surface area contributed by atoms with E-state index in [4.69, 9.17) is 5.11 Å². The zero-order chi connectivity index (χ0) is 9.91. The highest BCUT2D eigenvalue weighted by molar-refractivity contribution is 5.83. The summed E-state index contributed by atoms with van der Waals surface area (Å²) in [7, 11) is 0. The van der Waals surface area contributed by atoms with Gasteiger partial charge in [0.1, 0.15) is 6.29 Å². The van der Waals surface area contributed by atoms with Crippen LogP contribution in [-0.2, 0) is 9.59 Å². The van der Waals surface area contributed by atoms with Crippen molar-refractivity contribution in [3.63, 3.8) is 0 Å². The first-order chi connectivity index (χ1) is 5.92. The van der Waals surface area contributed by atoms with E-state index in [1.165, 1.54) is 0 Å². The molecule has 3 saturated carbocycles. The van der Waals surface area contributed by atoms with E-state index in [2.05, 4.69) is 0 Å². The molecule has 0 radical (unpaired) electrons. The number of carbonyl (C=O) groups excluding carboxylic acids is 1. The number of aliphatic carboxylic acids is 1. The normalized spacial score (nSPS) is 45.4. The Morgan fingerprint density at radius 1 is 1.38 bits per heavy atom. The lowest BCUT2D eigenvalue weighted by atomic mass is 9.43. The first kappa shape index (κ1) is 8.73. The summed E-state index contributed by atoms with van der Waals surface area (Å²) in [5, 5.41) is 9.14. The predicted octanol–water partition coefficient (Wildman–Crippen LogP) is 1.47. The van der Waals surface area contributed by atoms with Gasteiger partial charge in [-0.05, 0) is 24.7 Å². The van der Waals surface area contributed by atoms with Crippen LogP contribution in [0.5, 0.6) is 0 Å². The second kappa shape index (κ2) is 1.97. The highest BCUT2D eigenvalue weighted by atomic mass is 16.4. The minimum absolute atomic E-state index is 0.342. The summed E-state index contributed by atoms with van der Waals surface area (Å²) in [6, 6.07) is 0. The molecular formula is C10H14O3. The van der Waals surface area contributed by atoms with E-state index in [9.17, 15) is 9.59 Å². The summed E-state index contributed by atoms with van der Waals surface area (Å²) in [5.41, 5.74) is -1.31. The number of aldehydes is 1. The van der Waals surface area contributed by atoms with Gasteiger partial charge in [0, 0.05) is 5.41 Å². The largest absolute Gasteiger partial charge is 0.481 e. The van der Waals surface area contributed by atoms with Crippen molar-refractivity contribution in [1.29, 1.82) is 0 Å². The smallest absolute Gasteiger partial charge is 0.310 e. The molecular weight excluding hydrogens is 168 g/mol. The SMILES string of the molecule is CC1(C)C2(C=O)CCC1(C(=O)O)C2. The molecule has 0 spiro atoms. The Bertz CT molecular complexity index is 295. The molecule has 3 heteroatoms. The fourth-order valence-corrected chi connectivity index (χ4v) is 3.29. The molecule has 0 saturated heterocycles. The van der Waals surface area contributed by atoms with Crippen molar-refractivity contribution in [3.8, 4) is 0 Å². The molecule has 0 amide bonds. The van der Waals surface area contributed by atoms with Gasteiger partial charge in [0.2, 0.25) is 0 Å². The third-order valence-electron chi connectivity index (χ3n) is 4.69. The Balaban J connectivity index is 2.44. The van der Waals surface area contributed by atoms with Crippen LogP contribution in [0.25, 0.3) is 0 Å². The second-order valence-corrected chi connectivity index (χ2v) is 4.96. The molecule has 0 aromatic carbocycles. The van der Waals surface area contributed by atoms with Gasteiger partial charge in [0.15, 0.2) is 0 Å². The van der Waals surface area contributed by atoms with Gasteiger partial charge in [-0.3, -0.25) is 4.79 Å². The van der Waals surface area contributed by atoms with Gasteiger partial charge < -0.3 is 9.90 Å². The molecule has 72 valence electrons. The molecule has 3 aliphatic rings. The van der Waals surface area contributed by atoms with Gasteiger partial charge in [-0.15, -0.1) is 0 Å². The molecule has 2 unspecified atom stereocenters. The third-order valence-corrected chi connectivity index (χ3v) is 4.69. The molecule has 2 bridgehead atoms. The van der Waals surface area contributed by atoms with Crippen LogP contribution in [-0.4, -0.2) is 17.4 Å². The summed E-state index contributed by atoms with van der Waals surface area (Å²) in [6.07, 6.45) is 2.93. The number of rotatable bonds is 2. The van der Waals surface area contributed by atoms with E-state index in [1.54, 1.807) is 0 Å². The lowest BCUT2D eigenvalue weighted by molar-refractivity contribution is -0.185. The molecule has 0 aromatic heterocycles. The first-order valence-corrected chi connectivity index (χ1v) is 4.62. The molecule has 1 N–H and O–H groups in total. The Hall–Kier alpha value is -0.860. The second-order valence-electron chi connectivity index (χ2n) is 4.96. The Kier molecular flexibility index (Phi) is 1.32. The fourth-order valence-electron chi connectivity index (χ4n) is 3.29. The number of hydrogen-bond acceptors (Lipinski definition) is 2. The predicted molar refractivity (Wildman–Crippen MR) is 46.2 cm³/mol. The minimum atomic E-state index is -0.729. The maximum Gasteiger partial charge on any atom is 0.310 e. The monoisotopic (exact) mass is 182 g/mol. The van der Waals surface area contributed by atoms with Crippen LogP contribution in [0.15, 0.2) is 0 Å². The quantitative estimate of drug-likeness (QED) is 0.658. The first-order valence-electron chi connectivity index (χ1n) is 4.62. The number of fused-ring (bicyclic) bond motifs is 1. The fraction of sp³-hybridized carbons (Fsp3) is 0.800. The highest BCUT2D eigenvalue weighted by Gasteiger charge is 2.77. The standard InChI is InChI=1S/C10H14O3/c1-8(2)9(6-11)3-4-10(8,5-9)7(12)13/h6H,3-5H2,1-2H3,(H,12,13). The van der Waals surface area contributed by atoms with Crippen LogP contribution in [0.1, 0.15) is 33.1 Å². The lowest BCUT2D eigenvalue weighted by Crippen LogP contribution is -2.60. The molecule has 3 rings (SSSR count). The van der Waals surface area contributed by atoms with Crippen LogP contribution in [0.3, 0.4) is 0 Å². The Morgan fingerprint density at radius 3 is 2.23 bits per heavy atom. The number of carbonyl (C=O) groups is 2. The summed E-state index contributed by atoms with van der Waals surface area (Å²) >= 11 is 0. The van der Waals surface area contributed by atoms with Crippen molar-refractivity contribution in [2.75, 3.05) is 0 Å². The molecule has 0 aromatic rings. The minimum Gasteiger partial charge on any atom is -0.481 e. The molecule has 13 heavy (non-hydrogen) atoms. The molecule has 0 heterocycles. The van der Waals surface area contributed by atoms with Crippen molar-refractivity contribution >= 4 is 12.3 Å². The maximum absolute atomic E-state index is 11.1. The summed E-state index contributed by atoms with van der Waals surface area (Å²) in [5.74, 6) is -0.729. The lowest BCUT2D eigenvalue weighted by Gasteiger charge is -2.57. The van der Waals surface area contributed by atoms with Crippen LogP contribution in [0, 0.1) is 16.2 Å². The van der Waals surface area contributed by atoms with E-state index in [1.807, 2.05) is 13.8 Å². The summed E-state index contributed by atoms with van der Waals surface area (Å²) < 4.78 is 0. The van der Waals surface area contributed by atoms with E-state index in [0.29, 0.717) is 12.8 Å². The maximum atomic E-state index is 11.1. The molecule has 3 nitrogen and oxygen atoms in total. The van der Waals surface area contributed by atoms with Crippen molar-refractivity contribution < 1.29 is 14.7 Å². The Labute approximate surface area is 77.1 Å². The zero-order valence-electron chi connectivity index (χ0n) is 7.96. The van der Waals surface area contributed by atoms with Gasteiger partial charge in [-0.25, -0.2) is 0 Å². The van der Waals surface area contributed by atoms with E-state index in [-0.39, 0.29) is 10.8 Å². The molecule has 0 aliphatic heterocycles. The average molecular weight is 182 g/mol. The van der Waals surface area contributed by atoms with Gasteiger partial charge in [0.05, 0.1) is 5.41 Å². The van der Waals surface area contributed by atoms with Gasteiger partial charge in [-0.2, -0.15) is 0 Å². The number of carboxylic acids is 1. The number of hydrogen-bond donors (Lipinski definition) is 1. The highest BCUT2D eigenvalue weighted by Crippen LogP contribution is 2.76. The Morgan fingerprint density at radius 2 is 2.00 bits per heavy atom. The average Bonchev–Trinajstić information content (AvgIpc) is 2.55. The van der Waals surface area contributed by atoms with E-state index < -0.39 is 11.4 Å². The van der Waals surface area contributed by atoms with E-state index in [0.717, 1.165) is 12.7 Å². The van der Waals surface area contributed by atoms with Crippen LogP contribution in [0.4, 0.5) is 0 Å². The molecule has 3 fully saturated rings. The summed E-state index contributed by atoms with van der Waals surface area (Å²) in [6.45, 7) is 3.82. The van der Waals surface area contributed by atoms with Gasteiger partial charge in [0.25, 0.3) is 0 Å². The van der Waals surface area contributed by atoms with Crippen molar-refractivity contribution in [2.24, 2.45) is 16.2 Å².